The molecule has 0 radical (unpaired) electrons. The fourth-order valence-corrected chi connectivity index (χ4v) is 4.98. The van der Waals surface area contributed by atoms with Crippen molar-refractivity contribution in [1.82, 2.24) is 0 Å². The normalized spacial score (nSPS) is 22.6. The van der Waals surface area contributed by atoms with E-state index < -0.39 is 5.72 Å². The summed E-state index contributed by atoms with van der Waals surface area (Å²) in [6.45, 7) is 5.67. The van der Waals surface area contributed by atoms with E-state index in [0.29, 0.717) is 6.54 Å². The van der Waals surface area contributed by atoms with Crippen LogP contribution in [0, 0.1) is 13.8 Å². The van der Waals surface area contributed by atoms with E-state index in [-0.39, 0.29) is 17.0 Å². The van der Waals surface area contributed by atoms with Gasteiger partial charge in [0.2, 0.25) is 0 Å². The maximum Gasteiger partial charge on any atom is 0.316 e. The molecule has 0 saturated carbocycles. The fraction of sp³-hybridized carbons (Fsp3) is 0.350. The first-order chi connectivity index (χ1) is 11.6. The Kier molecular flexibility index (Phi) is 5.28. The van der Waals surface area contributed by atoms with Crippen molar-refractivity contribution < 1.29 is 26.7 Å². The lowest BCUT2D eigenvalue weighted by Crippen LogP contribution is -3.00. The number of benzene rings is 2. The molecule has 2 aromatic carbocycles. The SMILES string of the molecule is Cc1ccc(C2(O)CN(c3ccccc3)C3=[N+]2CCCS3)c(C)c1.[Br-]. The van der Waals surface area contributed by atoms with Crippen molar-refractivity contribution in [1.29, 1.82) is 0 Å². The third kappa shape index (κ3) is 3.14. The fourth-order valence-electron chi connectivity index (χ4n) is 3.80. The van der Waals surface area contributed by atoms with E-state index in [1.807, 2.05) is 17.8 Å². The smallest absolute Gasteiger partial charge is 0.316 e. The Labute approximate surface area is 164 Å². The number of thioether (sulfide) groups is 1. The number of amidine groups is 1. The summed E-state index contributed by atoms with van der Waals surface area (Å²) in [5, 5.41) is 12.9. The van der Waals surface area contributed by atoms with E-state index in [1.165, 1.54) is 10.7 Å². The molecule has 2 aliphatic heterocycles. The van der Waals surface area contributed by atoms with Crippen molar-refractivity contribution in [2.24, 2.45) is 0 Å². The molecule has 1 unspecified atom stereocenters. The van der Waals surface area contributed by atoms with Crippen LogP contribution in [0.3, 0.4) is 0 Å². The van der Waals surface area contributed by atoms with E-state index in [1.54, 1.807) is 0 Å². The highest BCUT2D eigenvalue weighted by Crippen LogP contribution is 2.38. The van der Waals surface area contributed by atoms with Crippen molar-refractivity contribution in [2.45, 2.75) is 26.0 Å². The lowest BCUT2D eigenvalue weighted by Gasteiger charge is -2.26. The molecule has 0 aliphatic carbocycles. The molecule has 0 amide bonds. The zero-order valence-corrected chi connectivity index (χ0v) is 17.0. The molecule has 2 aliphatic rings. The summed E-state index contributed by atoms with van der Waals surface area (Å²) in [5.41, 5.74) is 3.59. The van der Waals surface area contributed by atoms with Gasteiger partial charge in [-0.05, 0) is 49.7 Å². The van der Waals surface area contributed by atoms with Crippen LogP contribution in [0.15, 0.2) is 48.5 Å². The zero-order valence-electron chi connectivity index (χ0n) is 14.6. The standard InChI is InChI=1S/C20H23N2OS.BrH/c1-15-9-10-18(16(2)13-15)20(23)14-21(17-7-4-3-5-8-17)19-22(20)11-6-12-24-19;/h3-5,7-10,13,23H,6,11-12,14H2,1-2H3;1H/q+1;/p-1. The van der Waals surface area contributed by atoms with Crippen molar-refractivity contribution in [2.75, 3.05) is 23.7 Å². The van der Waals surface area contributed by atoms with Gasteiger partial charge in [-0.2, -0.15) is 0 Å². The molecule has 3 nitrogen and oxygen atoms in total. The van der Waals surface area contributed by atoms with Gasteiger partial charge in [0.05, 0.1) is 6.54 Å². The topological polar surface area (TPSA) is 26.5 Å². The van der Waals surface area contributed by atoms with E-state index in [0.717, 1.165) is 35.5 Å². The van der Waals surface area contributed by atoms with E-state index in [9.17, 15) is 5.11 Å². The molecule has 0 aromatic heterocycles. The van der Waals surface area contributed by atoms with Gasteiger partial charge in [0, 0.05) is 11.3 Å². The van der Waals surface area contributed by atoms with Gasteiger partial charge in [-0.15, -0.1) is 0 Å². The molecule has 0 bridgehead atoms. The molecule has 1 atom stereocenters. The molecule has 0 saturated heterocycles. The summed E-state index contributed by atoms with van der Waals surface area (Å²) in [7, 11) is 0. The molecule has 25 heavy (non-hydrogen) atoms. The van der Waals surface area contributed by atoms with Crippen molar-refractivity contribution in [3.8, 4) is 0 Å². The van der Waals surface area contributed by atoms with Gasteiger partial charge in [-0.25, -0.2) is 9.48 Å². The van der Waals surface area contributed by atoms with Crippen LogP contribution in [0.25, 0.3) is 0 Å². The Bertz CT molecular complexity index is 809. The maximum absolute atomic E-state index is 11.7. The van der Waals surface area contributed by atoms with Crippen molar-refractivity contribution >= 4 is 22.6 Å². The van der Waals surface area contributed by atoms with Crippen LogP contribution in [0.4, 0.5) is 5.69 Å². The number of para-hydroxylation sites is 1. The van der Waals surface area contributed by atoms with Crippen LogP contribution in [-0.2, 0) is 5.72 Å². The quantitative estimate of drug-likeness (QED) is 0.718. The van der Waals surface area contributed by atoms with Gasteiger partial charge < -0.3 is 22.1 Å². The molecule has 132 valence electrons. The molecule has 1 N–H and O–H groups in total. The highest BCUT2D eigenvalue weighted by atomic mass is 79.9. The van der Waals surface area contributed by atoms with Crippen molar-refractivity contribution in [3.05, 3.63) is 65.2 Å². The number of aliphatic hydroxyl groups is 1. The van der Waals surface area contributed by atoms with E-state index >= 15 is 0 Å². The highest BCUT2D eigenvalue weighted by molar-refractivity contribution is 8.13. The van der Waals surface area contributed by atoms with Gasteiger partial charge in [0.25, 0.3) is 5.72 Å². The minimum atomic E-state index is -0.962. The van der Waals surface area contributed by atoms with E-state index in [4.69, 9.17) is 0 Å². The van der Waals surface area contributed by atoms with Crippen molar-refractivity contribution in [3.63, 3.8) is 0 Å². The van der Waals surface area contributed by atoms with Gasteiger partial charge in [-0.1, -0.05) is 42.0 Å². The lowest BCUT2D eigenvalue weighted by atomic mass is 9.95. The number of nitrogens with zero attached hydrogens (tertiary/aromatic N) is 2. The highest BCUT2D eigenvalue weighted by Gasteiger charge is 2.53. The third-order valence-electron chi connectivity index (χ3n) is 4.93. The van der Waals surface area contributed by atoms with Crippen LogP contribution in [0.5, 0.6) is 0 Å². The second-order valence-corrected chi connectivity index (χ2v) is 7.75. The first-order valence-electron chi connectivity index (χ1n) is 8.50. The number of β-amino-alcohol motifs (C(OH)–C–C–N with tert-alkyl or cyclic N) is 1. The van der Waals surface area contributed by atoms with Crippen LogP contribution in [-0.4, -0.2) is 33.7 Å². The first-order valence-corrected chi connectivity index (χ1v) is 9.48. The molecule has 2 heterocycles. The molecule has 0 spiro atoms. The number of hydrogen-bond acceptors (Lipinski definition) is 3. The van der Waals surface area contributed by atoms with Gasteiger partial charge >= 0.3 is 5.17 Å². The predicted molar refractivity (Wildman–Crippen MR) is 101 cm³/mol. The molecule has 4 rings (SSSR count). The summed E-state index contributed by atoms with van der Waals surface area (Å²) in [5.74, 6) is 1.11. The summed E-state index contributed by atoms with van der Waals surface area (Å²) >= 11 is 1.85. The molecule has 5 heteroatoms. The molecular formula is C20H23BrN2OS. The number of aryl methyl sites for hydroxylation is 2. The Balaban J connectivity index is 0.00000182. The summed E-state index contributed by atoms with van der Waals surface area (Å²) in [6.07, 6.45) is 1.10. The maximum atomic E-state index is 11.7. The van der Waals surface area contributed by atoms with Crippen LogP contribution in [0.1, 0.15) is 23.1 Å². The van der Waals surface area contributed by atoms with Crippen LogP contribution >= 0.6 is 11.8 Å². The third-order valence-corrected chi connectivity index (χ3v) is 6.12. The summed E-state index contributed by atoms with van der Waals surface area (Å²) in [6, 6.07) is 16.7. The van der Waals surface area contributed by atoms with Gasteiger partial charge in [0.15, 0.2) is 6.54 Å². The lowest BCUT2D eigenvalue weighted by molar-refractivity contribution is -0.656. The average molecular weight is 419 g/mol. The number of hydrogen-bond donors (Lipinski definition) is 1. The summed E-state index contributed by atoms with van der Waals surface area (Å²) in [4.78, 5) is 2.27. The van der Waals surface area contributed by atoms with Crippen LogP contribution in [0.2, 0.25) is 0 Å². The second-order valence-electron chi connectivity index (χ2n) is 6.69. The predicted octanol–water partition coefficient (Wildman–Crippen LogP) is 0.478. The Morgan fingerprint density at radius 2 is 1.88 bits per heavy atom. The molecular weight excluding hydrogens is 396 g/mol. The minimum Gasteiger partial charge on any atom is -1.00 e. The Morgan fingerprint density at radius 3 is 2.60 bits per heavy atom. The zero-order chi connectivity index (χ0) is 16.7. The van der Waals surface area contributed by atoms with E-state index in [2.05, 4.69) is 65.8 Å². The molecule has 0 fully saturated rings. The first kappa shape index (κ1) is 18.5. The monoisotopic (exact) mass is 418 g/mol. The largest absolute Gasteiger partial charge is 1.00 e. The van der Waals surface area contributed by atoms with Crippen LogP contribution < -0.4 is 21.9 Å². The Morgan fingerprint density at radius 1 is 1.12 bits per heavy atom. The van der Waals surface area contributed by atoms with Gasteiger partial charge in [-0.3, -0.25) is 0 Å². The minimum absolute atomic E-state index is 0. The summed E-state index contributed by atoms with van der Waals surface area (Å²) < 4.78 is 2.20. The van der Waals surface area contributed by atoms with Gasteiger partial charge in [0.1, 0.15) is 5.69 Å². The number of rotatable bonds is 2. The number of anilines is 1. The molecule has 2 aromatic rings. The Hall–Kier alpha value is -1.30. The number of halogens is 1. The average Bonchev–Trinajstić information content (AvgIpc) is 2.90. The second kappa shape index (κ2) is 7.14.